The highest BCUT2D eigenvalue weighted by Crippen LogP contribution is 2.40. The zero-order valence-electron chi connectivity index (χ0n) is 17.7. The maximum Gasteiger partial charge on any atom is 0.333 e. The van der Waals surface area contributed by atoms with E-state index in [4.69, 9.17) is 9.47 Å². The van der Waals surface area contributed by atoms with Crippen LogP contribution in [0.15, 0.2) is 66.7 Å². The molecule has 1 N–H and O–H groups in total. The van der Waals surface area contributed by atoms with Gasteiger partial charge in [-0.25, -0.2) is 4.79 Å². The molecule has 0 saturated carbocycles. The molecule has 0 aliphatic carbocycles. The summed E-state index contributed by atoms with van der Waals surface area (Å²) in [6.45, 7) is 4.06. The smallest absolute Gasteiger partial charge is 0.333 e. The van der Waals surface area contributed by atoms with Crippen LogP contribution in [0.2, 0.25) is 0 Å². The van der Waals surface area contributed by atoms with E-state index >= 15 is 0 Å². The van der Waals surface area contributed by atoms with E-state index in [1.54, 1.807) is 19.2 Å². The van der Waals surface area contributed by atoms with Crippen LogP contribution in [0.3, 0.4) is 0 Å². The largest absolute Gasteiger partial charge is 0.497 e. The molecule has 0 radical (unpaired) electrons. The molecule has 8 heteroatoms. The van der Waals surface area contributed by atoms with Gasteiger partial charge in [-0.05, 0) is 28.8 Å². The molecule has 2 fully saturated rings. The number of hydrogen-bond donors (Lipinski definition) is 1. The molecular formula is C24H24N2O5S. The highest BCUT2D eigenvalue weighted by atomic mass is 32.2. The van der Waals surface area contributed by atoms with Crippen LogP contribution in [0.25, 0.3) is 0 Å². The van der Waals surface area contributed by atoms with Crippen LogP contribution >= 0.6 is 11.8 Å². The third kappa shape index (κ3) is 4.50. The molecule has 32 heavy (non-hydrogen) atoms. The summed E-state index contributed by atoms with van der Waals surface area (Å²) in [4.78, 5) is 39.5. The highest BCUT2D eigenvalue weighted by molar-refractivity contribution is 8.00. The third-order valence-electron chi connectivity index (χ3n) is 5.47. The molecule has 1 unspecified atom stereocenters. The second-order valence-electron chi connectivity index (χ2n) is 7.67. The third-order valence-corrected chi connectivity index (χ3v) is 6.85. The number of nitrogens with one attached hydrogen (secondary N) is 1. The summed E-state index contributed by atoms with van der Waals surface area (Å²) >= 11 is 1.49. The first-order chi connectivity index (χ1) is 15.5. The lowest BCUT2D eigenvalue weighted by Gasteiger charge is -2.52. The molecule has 0 bridgehead atoms. The Bertz CT molecular complexity index is 1020. The molecule has 2 saturated heterocycles. The molecule has 2 aliphatic rings. The molecule has 7 nitrogen and oxygen atoms in total. The minimum atomic E-state index is -0.839. The fourth-order valence-electron chi connectivity index (χ4n) is 3.78. The number of benzene rings is 2. The van der Waals surface area contributed by atoms with E-state index in [1.165, 1.54) is 16.7 Å². The normalized spacial score (nSPS) is 21.9. The summed E-state index contributed by atoms with van der Waals surface area (Å²) in [7, 11) is 1.58. The van der Waals surface area contributed by atoms with E-state index in [0.717, 1.165) is 11.1 Å². The fraction of sp³-hybridized carbons (Fsp3) is 0.292. The lowest BCUT2D eigenvalue weighted by Crippen LogP contribution is -2.74. The summed E-state index contributed by atoms with van der Waals surface area (Å²) in [6, 6.07) is 15.1. The zero-order chi connectivity index (χ0) is 22.7. The Morgan fingerprint density at radius 1 is 1.12 bits per heavy atom. The minimum Gasteiger partial charge on any atom is -0.497 e. The Morgan fingerprint density at radius 2 is 1.84 bits per heavy atom. The molecule has 0 spiro atoms. The Kier molecular flexibility index (Phi) is 6.50. The number of carbonyl (C=O) groups excluding carboxylic acids is 3. The van der Waals surface area contributed by atoms with Crippen molar-refractivity contribution in [1.29, 1.82) is 0 Å². The van der Waals surface area contributed by atoms with Crippen LogP contribution in [-0.2, 0) is 32.1 Å². The van der Waals surface area contributed by atoms with Crippen LogP contribution in [0.4, 0.5) is 0 Å². The van der Waals surface area contributed by atoms with Crippen LogP contribution in [0.5, 0.6) is 5.75 Å². The number of esters is 1. The molecular weight excluding hydrogens is 428 g/mol. The number of amides is 2. The van der Waals surface area contributed by atoms with Gasteiger partial charge in [0.2, 0.25) is 11.8 Å². The topological polar surface area (TPSA) is 84.9 Å². The fourth-order valence-corrected chi connectivity index (χ4v) is 5.09. The standard InChI is InChI=1S/C24H24N2O5S/c1-15-14-32-23-20(25-19(27)12-16-6-4-3-5-7-16)22(28)26(23)21(15)24(29)31-13-17-8-10-18(30-2)11-9-17/h3-11,20-21,23H,1,12-14H2,2H3,(H,25,27)/t20-,21?,23-/m1/s1. The van der Waals surface area contributed by atoms with E-state index in [2.05, 4.69) is 11.9 Å². The number of thioether (sulfide) groups is 1. The number of hydrogen-bond acceptors (Lipinski definition) is 6. The summed E-state index contributed by atoms with van der Waals surface area (Å²) in [5, 5.41) is 2.50. The summed E-state index contributed by atoms with van der Waals surface area (Å²) in [5.41, 5.74) is 2.30. The minimum absolute atomic E-state index is 0.0870. The number of methoxy groups -OCH3 is 1. The van der Waals surface area contributed by atoms with Gasteiger partial charge in [-0.1, -0.05) is 49.0 Å². The highest BCUT2D eigenvalue weighted by Gasteiger charge is 2.56. The van der Waals surface area contributed by atoms with E-state index in [9.17, 15) is 14.4 Å². The van der Waals surface area contributed by atoms with Gasteiger partial charge in [0.25, 0.3) is 0 Å². The van der Waals surface area contributed by atoms with Gasteiger partial charge < -0.3 is 19.7 Å². The van der Waals surface area contributed by atoms with Gasteiger partial charge in [0.15, 0.2) is 6.04 Å². The Balaban J connectivity index is 1.36. The summed E-state index contributed by atoms with van der Waals surface area (Å²) < 4.78 is 10.6. The molecule has 166 valence electrons. The van der Waals surface area contributed by atoms with Gasteiger partial charge in [-0.2, -0.15) is 0 Å². The van der Waals surface area contributed by atoms with Gasteiger partial charge in [0.1, 0.15) is 23.8 Å². The Hall–Kier alpha value is -3.26. The monoisotopic (exact) mass is 452 g/mol. The number of fused-ring (bicyclic) bond motifs is 1. The average Bonchev–Trinajstić information content (AvgIpc) is 2.81. The predicted octanol–water partition coefficient (Wildman–Crippen LogP) is 2.31. The van der Waals surface area contributed by atoms with Crippen molar-refractivity contribution in [3.63, 3.8) is 0 Å². The van der Waals surface area contributed by atoms with Crippen molar-refractivity contribution >= 4 is 29.5 Å². The SMILES string of the molecule is C=C1CS[C@@H]2[C@H](NC(=O)Cc3ccccc3)C(=O)N2C1C(=O)OCc1ccc(OC)cc1. The molecule has 0 aromatic heterocycles. The van der Waals surface area contributed by atoms with Gasteiger partial charge in [0, 0.05) is 5.75 Å². The Labute approximate surface area is 190 Å². The molecule has 2 heterocycles. The lowest BCUT2D eigenvalue weighted by molar-refractivity contribution is -0.164. The molecule has 3 atom stereocenters. The van der Waals surface area contributed by atoms with Crippen molar-refractivity contribution < 1.29 is 23.9 Å². The van der Waals surface area contributed by atoms with Crippen molar-refractivity contribution in [2.24, 2.45) is 0 Å². The Morgan fingerprint density at radius 3 is 2.53 bits per heavy atom. The quantitative estimate of drug-likeness (QED) is 0.394. The van der Waals surface area contributed by atoms with Crippen LogP contribution in [0, 0.1) is 0 Å². The van der Waals surface area contributed by atoms with Gasteiger partial charge >= 0.3 is 5.97 Å². The van der Waals surface area contributed by atoms with E-state index in [-0.39, 0.29) is 30.2 Å². The van der Waals surface area contributed by atoms with Gasteiger partial charge in [-0.3, -0.25) is 9.59 Å². The van der Waals surface area contributed by atoms with Crippen LogP contribution < -0.4 is 10.1 Å². The van der Waals surface area contributed by atoms with E-state index in [1.807, 2.05) is 42.5 Å². The van der Waals surface area contributed by atoms with E-state index < -0.39 is 18.1 Å². The van der Waals surface area contributed by atoms with Crippen molar-refractivity contribution in [3.8, 4) is 5.75 Å². The first-order valence-electron chi connectivity index (χ1n) is 10.2. The molecule has 2 aliphatic heterocycles. The van der Waals surface area contributed by atoms with Crippen molar-refractivity contribution in [2.45, 2.75) is 30.5 Å². The summed E-state index contributed by atoms with van der Waals surface area (Å²) in [6.07, 6.45) is 0.196. The van der Waals surface area contributed by atoms with Crippen LogP contribution in [0.1, 0.15) is 11.1 Å². The average molecular weight is 453 g/mol. The number of ether oxygens (including phenoxy) is 2. The first kappa shape index (κ1) is 22.0. The second-order valence-corrected chi connectivity index (χ2v) is 8.78. The molecule has 4 rings (SSSR count). The van der Waals surface area contributed by atoms with Crippen molar-refractivity contribution in [1.82, 2.24) is 10.2 Å². The van der Waals surface area contributed by atoms with Crippen molar-refractivity contribution in [2.75, 3.05) is 12.9 Å². The molecule has 2 amide bonds. The number of β-lactam (4-membered cyclic amide) rings is 1. The predicted molar refractivity (Wildman–Crippen MR) is 121 cm³/mol. The number of nitrogens with zero attached hydrogens (tertiary/aromatic N) is 1. The molecule has 2 aromatic carbocycles. The second kappa shape index (κ2) is 9.48. The maximum absolute atomic E-state index is 12.8. The van der Waals surface area contributed by atoms with Gasteiger partial charge in [-0.15, -0.1) is 11.8 Å². The molecule has 2 aromatic rings. The van der Waals surface area contributed by atoms with Gasteiger partial charge in [0.05, 0.1) is 13.5 Å². The zero-order valence-corrected chi connectivity index (χ0v) is 18.5. The lowest BCUT2D eigenvalue weighted by atomic mass is 9.98. The maximum atomic E-state index is 12.8. The number of rotatable bonds is 7. The number of carbonyl (C=O) groups is 3. The summed E-state index contributed by atoms with van der Waals surface area (Å²) in [5.74, 6) is 0.196. The first-order valence-corrected chi connectivity index (χ1v) is 11.3. The van der Waals surface area contributed by atoms with Crippen LogP contribution in [-0.4, -0.2) is 53.0 Å². The van der Waals surface area contributed by atoms with E-state index in [0.29, 0.717) is 17.1 Å². The van der Waals surface area contributed by atoms with Crippen molar-refractivity contribution in [3.05, 3.63) is 77.9 Å².